The SMILES string of the molecule is COc1ccc(NC(=S)NNC(=O)c2cc3c(s2)CCCCC3)cc1OC. The summed E-state index contributed by atoms with van der Waals surface area (Å²) in [5.74, 6) is 1.05. The average molecular weight is 406 g/mol. The number of ether oxygens (including phenoxy) is 2. The van der Waals surface area contributed by atoms with Crippen molar-refractivity contribution in [2.75, 3.05) is 19.5 Å². The van der Waals surface area contributed by atoms with Gasteiger partial charge in [-0.25, -0.2) is 0 Å². The lowest BCUT2D eigenvalue weighted by molar-refractivity contribution is 0.0948. The van der Waals surface area contributed by atoms with Gasteiger partial charge in [0, 0.05) is 16.6 Å². The Kier molecular flexibility index (Phi) is 6.52. The minimum atomic E-state index is -0.176. The van der Waals surface area contributed by atoms with Gasteiger partial charge in [0.2, 0.25) is 0 Å². The Balaban J connectivity index is 1.55. The molecule has 0 saturated carbocycles. The summed E-state index contributed by atoms with van der Waals surface area (Å²) in [5, 5.41) is 3.29. The van der Waals surface area contributed by atoms with Crippen molar-refractivity contribution in [3.8, 4) is 11.5 Å². The Labute approximate surface area is 168 Å². The van der Waals surface area contributed by atoms with E-state index in [9.17, 15) is 4.79 Å². The van der Waals surface area contributed by atoms with E-state index in [-0.39, 0.29) is 11.0 Å². The number of thiophene rings is 1. The van der Waals surface area contributed by atoms with Crippen LogP contribution in [0, 0.1) is 0 Å². The van der Waals surface area contributed by atoms with Crippen LogP contribution in [-0.4, -0.2) is 25.2 Å². The number of methoxy groups -OCH3 is 2. The van der Waals surface area contributed by atoms with Crippen LogP contribution in [0.3, 0.4) is 0 Å². The zero-order chi connectivity index (χ0) is 19.2. The van der Waals surface area contributed by atoms with Gasteiger partial charge in [0.25, 0.3) is 5.91 Å². The molecule has 2 aromatic rings. The fraction of sp³-hybridized carbons (Fsp3) is 0.368. The first-order chi connectivity index (χ1) is 13.1. The number of aryl methyl sites for hydroxylation is 2. The molecule has 1 aromatic carbocycles. The van der Waals surface area contributed by atoms with E-state index in [2.05, 4.69) is 16.2 Å². The summed E-state index contributed by atoms with van der Waals surface area (Å²) in [7, 11) is 3.15. The predicted octanol–water partition coefficient (Wildman–Crippen LogP) is 3.67. The van der Waals surface area contributed by atoms with E-state index in [0.717, 1.165) is 18.5 Å². The molecule has 3 rings (SSSR count). The molecule has 0 atom stereocenters. The molecule has 3 N–H and O–H groups in total. The van der Waals surface area contributed by atoms with E-state index in [1.165, 1.54) is 29.7 Å². The number of hydrogen-bond donors (Lipinski definition) is 3. The minimum absolute atomic E-state index is 0.176. The fourth-order valence-electron chi connectivity index (χ4n) is 3.03. The molecule has 1 heterocycles. The number of fused-ring (bicyclic) bond motifs is 1. The van der Waals surface area contributed by atoms with E-state index in [4.69, 9.17) is 21.7 Å². The number of rotatable bonds is 4. The van der Waals surface area contributed by atoms with Gasteiger partial charge in [0.05, 0.1) is 19.1 Å². The molecule has 1 aliphatic carbocycles. The van der Waals surface area contributed by atoms with Gasteiger partial charge < -0.3 is 14.8 Å². The van der Waals surface area contributed by atoms with E-state index in [1.54, 1.807) is 37.7 Å². The van der Waals surface area contributed by atoms with Crippen LogP contribution in [0.2, 0.25) is 0 Å². The molecule has 0 radical (unpaired) electrons. The molecule has 1 aromatic heterocycles. The van der Waals surface area contributed by atoms with Crippen LogP contribution < -0.4 is 25.6 Å². The number of carbonyl (C=O) groups is 1. The second-order valence-electron chi connectivity index (χ2n) is 6.22. The number of benzene rings is 1. The van der Waals surface area contributed by atoms with Gasteiger partial charge in [-0.05, 0) is 61.7 Å². The zero-order valence-corrected chi connectivity index (χ0v) is 17.0. The highest BCUT2D eigenvalue weighted by Crippen LogP contribution is 2.30. The standard InChI is InChI=1S/C19H23N3O3S2/c1-24-14-9-8-13(11-15(14)25-2)20-19(26)22-21-18(23)17-10-12-6-4-3-5-7-16(12)27-17/h8-11H,3-7H2,1-2H3,(H,21,23)(H2,20,22,26). The fourth-order valence-corrected chi connectivity index (χ4v) is 4.35. The molecule has 1 aliphatic rings. The predicted molar refractivity (Wildman–Crippen MR) is 112 cm³/mol. The van der Waals surface area contributed by atoms with Gasteiger partial charge in [0.15, 0.2) is 16.6 Å². The summed E-state index contributed by atoms with van der Waals surface area (Å²) in [4.78, 5) is 14.5. The van der Waals surface area contributed by atoms with Crippen LogP contribution in [0.5, 0.6) is 11.5 Å². The van der Waals surface area contributed by atoms with Crippen molar-refractivity contribution in [3.63, 3.8) is 0 Å². The number of carbonyl (C=O) groups excluding carboxylic acids is 1. The van der Waals surface area contributed by atoms with Crippen molar-refractivity contribution < 1.29 is 14.3 Å². The Morgan fingerprint density at radius 2 is 1.81 bits per heavy atom. The van der Waals surface area contributed by atoms with E-state index < -0.39 is 0 Å². The smallest absolute Gasteiger partial charge is 0.279 e. The molecule has 1 amide bonds. The summed E-state index contributed by atoms with van der Waals surface area (Å²) in [6.45, 7) is 0. The van der Waals surface area contributed by atoms with Gasteiger partial charge in [-0.3, -0.25) is 15.6 Å². The summed E-state index contributed by atoms with van der Waals surface area (Å²) in [6, 6.07) is 7.37. The third-order valence-electron chi connectivity index (χ3n) is 4.40. The first-order valence-corrected chi connectivity index (χ1v) is 10.0. The largest absolute Gasteiger partial charge is 0.493 e. The first kappa shape index (κ1) is 19.4. The summed E-state index contributed by atoms with van der Waals surface area (Å²) in [6.07, 6.45) is 5.79. The molecular formula is C19H23N3O3S2. The number of hydrazine groups is 1. The molecule has 8 heteroatoms. The van der Waals surface area contributed by atoms with Crippen LogP contribution in [-0.2, 0) is 12.8 Å². The average Bonchev–Trinajstić information content (AvgIpc) is 2.96. The highest BCUT2D eigenvalue weighted by atomic mass is 32.1. The lowest BCUT2D eigenvalue weighted by atomic mass is 10.1. The van der Waals surface area contributed by atoms with E-state index in [0.29, 0.717) is 16.4 Å². The first-order valence-electron chi connectivity index (χ1n) is 8.81. The number of amides is 1. The number of anilines is 1. The Morgan fingerprint density at radius 3 is 2.59 bits per heavy atom. The molecule has 0 unspecified atom stereocenters. The van der Waals surface area contributed by atoms with Gasteiger partial charge in [0.1, 0.15) is 0 Å². The molecule has 0 saturated heterocycles. The van der Waals surface area contributed by atoms with E-state index in [1.807, 2.05) is 12.1 Å². The van der Waals surface area contributed by atoms with Crippen molar-refractivity contribution in [2.24, 2.45) is 0 Å². The van der Waals surface area contributed by atoms with Crippen LogP contribution in [0.1, 0.15) is 39.4 Å². The number of hydrogen-bond acceptors (Lipinski definition) is 5. The molecule has 0 aliphatic heterocycles. The lowest BCUT2D eigenvalue weighted by Gasteiger charge is -2.13. The second kappa shape index (κ2) is 9.05. The molecule has 27 heavy (non-hydrogen) atoms. The van der Waals surface area contributed by atoms with Crippen molar-refractivity contribution in [3.05, 3.63) is 39.6 Å². The third kappa shape index (κ3) is 4.90. The molecular weight excluding hydrogens is 382 g/mol. The lowest BCUT2D eigenvalue weighted by Crippen LogP contribution is -2.43. The van der Waals surface area contributed by atoms with Crippen LogP contribution >= 0.6 is 23.6 Å². The summed E-state index contributed by atoms with van der Waals surface area (Å²) < 4.78 is 10.5. The summed E-state index contributed by atoms with van der Waals surface area (Å²) in [5.41, 5.74) is 7.44. The maximum absolute atomic E-state index is 12.4. The molecule has 6 nitrogen and oxygen atoms in total. The Bertz CT molecular complexity index is 812. The Morgan fingerprint density at radius 1 is 1.04 bits per heavy atom. The van der Waals surface area contributed by atoms with Gasteiger partial charge in [-0.2, -0.15) is 0 Å². The Hall–Kier alpha value is -2.32. The topological polar surface area (TPSA) is 71.6 Å². The normalized spacial score (nSPS) is 13.1. The molecule has 0 spiro atoms. The van der Waals surface area contributed by atoms with Gasteiger partial charge in [-0.1, -0.05) is 6.42 Å². The second-order valence-corrected chi connectivity index (χ2v) is 7.77. The quantitative estimate of drug-likeness (QED) is 0.410. The maximum atomic E-state index is 12.4. The maximum Gasteiger partial charge on any atom is 0.279 e. The van der Waals surface area contributed by atoms with E-state index >= 15 is 0 Å². The highest BCUT2D eigenvalue weighted by molar-refractivity contribution is 7.80. The van der Waals surface area contributed by atoms with Crippen molar-refractivity contribution in [2.45, 2.75) is 32.1 Å². The van der Waals surface area contributed by atoms with Gasteiger partial charge in [-0.15, -0.1) is 11.3 Å². The van der Waals surface area contributed by atoms with Gasteiger partial charge >= 0.3 is 0 Å². The monoisotopic (exact) mass is 405 g/mol. The number of nitrogens with one attached hydrogen (secondary N) is 3. The zero-order valence-electron chi connectivity index (χ0n) is 15.4. The van der Waals surface area contributed by atoms with Crippen LogP contribution in [0.15, 0.2) is 24.3 Å². The molecule has 144 valence electrons. The third-order valence-corrected chi connectivity index (χ3v) is 5.84. The van der Waals surface area contributed by atoms with Crippen molar-refractivity contribution in [1.82, 2.24) is 10.9 Å². The van der Waals surface area contributed by atoms with Crippen molar-refractivity contribution in [1.29, 1.82) is 0 Å². The van der Waals surface area contributed by atoms with Crippen LogP contribution in [0.25, 0.3) is 0 Å². The molecule has 0 fully saturated rings. The van der Waals surface area contributed by atoms with Crippen molar-refractivity contribution >= 4 is 40.3 Å². The number of thiocarbonyl (C=S) groups is 1. The minimum Gasteiger partial charge on any atom is -0.493 e. The molecule has 0 bridgehead atoms. The summed E-state index contributed by atoms with van der Waals surface area (Å²) >= 11 is 6.82. The highest BCUT2D eigenvalue weighted by Gasteiger charge is 2.16. The van der Waals surface area contributed by atoms with Crippen LogP contribution in [0.4, 0.5) is 5.69 Å².